The van der Waals surface area contributed by atoms with Crippen molar-refractivity contribution in [2.45, 2.75) is 13.5 Å². The standard InChI is InChI=1S/C23H21N5/c1-16-12-19-4-2-3-5-22(19)28(16)11-10-25-23-14-21(26-15-27-23)17-6-7-20-18(13-17)8-9-24-20/h2-9,12-15,24H,10-11H2,1H3,(H,25,26,27). The van der Waals surface area contributed by atoms with Crippen LogP contribution in [0.4, 0.5) is 5.82 Å². The highest BCUT2D eigenvalue weighted by molar-refractivity contribution is 5.84. The molecule has 3 aromatic heterocycles. The lowest BCUT2D eigenvalue weighted by atomic mass is 10.1. The summed E-state index contributed by atoms with van der Waals surface area (Å²) in [7, 11) is 0. The fourth-order valence-electron chi connectivity index (χ4n) is 3.77. The second-order valence-corrected chi connectivity index (χ2v) is 6.99. The first-order chi connectivity index (χ1) is 13.8. The van der Waals surface area contributed by atoms with E-state index in [0.29, 0.717) is 0 Å². The number of aromatic amines is 1. The van der Waals surface area contributed by atoms with Gasteiger partial charge in [0, 0.05) is 53.0 Å². The van der Waals surface area contributed by atoms with Gasteiger partial charge in [0.15, 0.2) is 0 Å². The molecule has 2 N–H and O–H groups in total. The van der Waals surface area contributed by atoms with Crippen LogP contribution in [-0.4, -0.2) is 26.1 Å². The molecule has 0 aliphatic carbocycles. The van der Waals surface area contributed by atoms with Gasteiger partial charge in [-0.25, -0.2) is 9.97 Å². The summed E-state index contributed by atoms with van der Waals surface area (Å²) in [6.45, 7) is 3.83. The van der Waals surface area contributed by atoms with Crippen LogP contribution in [0.3, 0.4) is 0 Å². The molecule has 0 bridgehead atoms. The molecule has 0 spiro atoms. The van der Waals surface area contributed by atoms with Gasteiger partial charge in [0.1, 0.15) is 12.1 Å². The summed E-state index contributed by atoms with van der Waals surface area (Å²) < 4.78 is 2.34. The van der Waals surface area contributed by atoms with E-state index in [2.05, 4.69) is 86.4 Å². The van der Waals surface area contributed by atoms with E-state index in [-0.39, 0.29) is 0 Å². The van der Waals surface area contributed by atoms with Gasteiger partial charge in [-0.05, 0) is 42.6 Å². The zero-order valence-electron chi connectivity index (χ0n) is 15.7. The van der Waals surface area contributed by atoms with Gasteiger partial charge in [-0.2, -0.15) is 0 Å². The molecule has 0 aliphatic heterocycles. The molecule has 2 aromatic carbocycles. The Hall–Kier alpha value is -3.60. The number of aromatic nitrogens is 4. The summed E-state index contributed by atoms with van der Waals surface area (Å²) >= 11 is 0. The number of aryl methyl sites for hydroxylation is 1. The molecular formula is C23H21N5. The van der Waals surface area contributed by atoms with Gasteiger partial charge in [0.05, 0.1) is 5.69 Å². The normalized spacial score (nSPS) is 11.3. The molecule has 0 atom stereocenters. The minimum Gasteiger partial charge on any atom is -0.368 e. The third-order valence-electron chi connectivity index (χ3n) is 5.18. The molecule has 0 saturated carbocycles. The van der Waals surface area contributed by atoms with Crippen molar-refractivity contribution in [1.82, 2.24) is 19.5 Å². The molecule has 5 aromatic rings. The second-order valence-electron chi connectivity index (χ2n) is 6.99. The molecule has 0 amide bonds. The zero-order chi connectivity index (χ0) is 18.9. The van der Waals surface area contributed by atoms with Gasteiger partial charge in [0.2, 0.25) is 0 Å². The number of hydrogen-bond donors (Lipinski definition) is 2. The molecule has 5 heteroatoms. The number of rotatable bonds is 5. The van der Waals surface area contributed by atoms with Crippen molar-refractivity contribution >= 4 is 27.6 Å². The fraction of sp³-hybridized carbons (Fsp3) is 0.130. The Kier molecular flexibility index (Phi) is 4.05. The molecular weight excluding hydrogens is 346 g/mol. The summed E-state index contributed by atoms with van der Waals surface area (Å²) in [5.41, 5.74) is 5.68. The third kappa shape index (κ3) is 3.01. The average Bonchev–Trinajstić information content (AvgIpc) is 3.32. The molecule has 3 heterocycles. The minimum atomic E-state index is 0.798. The molecule has 0 saturated heterocycles. The van der Waals surface area contributed by atoms with Gasteiger partial charge in [-0.1, -0.05) is 24.3 Å². The van der Waals surface area contributed by atoms with Crippen molar-refractivity contribution in [2.24, 2.45) is 0 Å². The fourth-order valence-corrected chi connectivity index (χ4v) is 3.77. The summed E-state index contributed by atoms with van der Waals surface area (Å²) in [4.78, 5) is 12.1. The largest absolute Gasteiger partial charge is 0.368 e. The number of nitrogens with one attached hydrogen (secondary N) is 2. The molecule has 5 nitrogen and oxygen atoms in total. The predicted octanol–water partition coefficient (Wildman–Crippen LogP) is 5.00. The molecule has 5 rings (SSSR count). The Morgan fingerprint density at radius 3 is 2.86 bits per heavy atom. The maximum absolute atomic E-state index is 4.45. The monoisotopic (exact) mass is 367 g/mol. The molecule has 0 fully saturated rings. The Morgan fingerprint density at radius 1 is 0.964 bits per heavy atom. The van der Waals surface area contributed by atoms with Crippen LogP contribution in [0.1, 0.15) is 5.69 Å². The van der Waals surface area contributed by atoms with Gasteiger partial charge in [-0.15, -0.1) is 0 Å². The zero-order valence-corrected chi connectivity index (χ0v) is 15.7. The van der Waals surface area contributed by atoms with Crippen molar-refractivity contribution in [3.8, 4) is 11.3 Å². The third-order valence-corrected chi connectivity index (χ3v) is 5.18. The Labute approximate surface area is 163 Å². The van der Waals surface area contributed by atoms with Crippen molar-refractivity contribution in [2.75, 3.05) is 11.9 Å². The van der Waals surface area contributed by atoms with Gasteiger partial charge in [-0.3, -0.25) is 0 Å². The highest BCUT2D eigenvalue weighted by atomic mass is 15.1. The lowest BCUT2D eigenvalue weighted by Gasteiger charge is -2.11. The minimum absolute atomic E-state index is 0.798. The number of H-pyrrole nitrogens is 1. The van der Waals surface area contributed by atoms with Crippen molar-refractivity contribution < 1.29 is 0 Å². The van der Waals surface area contributed by atoms with Crippen LogP contribution in [0.2, 0.25) is 0 Å². The predicted molar refractivity (Wildman–Crippen MR) is 114 cm³/mol. The number of fused-ring (bicyclic) bond motifs is 2. The first kappa shape index (κ1) is 16.6. The average molecular weight is 367 g/mol. The van der Waals surface area contributed by atoms with Crippen molar-refractivity contribution in [3.05, 3.63) is 78.9 Å². The van der Waals surface area contributed by atoms with Gasteiger partial charge < -0.3 is 14.9 Å². The Balaban J connectivity index is 1.33. The van der Waals surface area contributed by atoms with E-state index < -0.39 is 0 Å². The number of hydrogen-bond acceptors (Lipinski definition) is 3. The lowest BCUT2D eigenvalue weighted by Crippen LogP contribution is -2.12. The summed E-state index contributed by atoms with van der Waals surface area (Å²) in [5, 5.41) is 5.90. The molecule has 138 valence electrons. The maximum Gasteiger partial charge on any atom is 0.130 e. The van der Waals surface area contributed by atoms with E-state index in [0.717, 1.165) is 35.7 Å². The molecule has 0 aliphatic rings. The van der Waals surface area contributed by atoms with Gasteiger partial charge >= 0.3 is 0 Å². The van der Waals surface area contributed by atoms with Crippen LogP contribution in [0.15, 0.2) is 73.2 Å². The first-order valence-electron chi connectivity index (χ1n) is 9.46. The quantitative estimate of drug-likeness (QED) is 0.459. The highest BCUT2D eigenvalue weighted by Crippen LogP contribution is 2.23. The molecule has 28 heavy (non-hydrogen) atoms. The first-order valence-corrected chi connectivity index (χ1v) is 9.46. The van der Waals surface area contributed by atoms with Crippen LogP contribution in [0.5, 0.6) is 0 Å². The van der Waals surface area contributed by atoms with Crippen LogP contribution >= 0.6 is 0 Å². The maximum atomic E-state index is 4.45. The smallest absolute Gasteiger partial charge is 0.130 e. The number of nitrogens with zero attached hydrogens (tertiary/aromatic N) is 3. The van der Waals surface area contributed by atoms with E-state index in [1.807, 2.05) is 12.3 Å². The van der Waals surface area contributed by atoms with Crippen LogP contribution in [-0.2, 0) is 6.54 Å². The highest BCUT2D eigenvalue weighted by Gasteiger charge is 2.06. The van der Waals surface area contributed by atoms with E-state index in [1.165, 1.54) is 22.0 Å². The van der Waals surface area contributed by atoms with E-state index in [1.54, 1.807) is 6.33 Å². The number of benzene rings is 2. The molecule has 0 radical (unpaired) electrons. The van der Waals surface area contributed by atoms with Crippen molar-refractivity contribution in [3.63, 3.8) is 0 Å². The number of anilines is 1. The van der Waals surface area contributed by atoms with Crippen molar-refractivity contribution in [1.29, 1.82) is 0 Å². The molecule has 0 unspecified atom stereocenters. The van der Waals surface area contributed by atoms with Crippen LogP contribution < -0.4 is 5.32 Å². The van der Waals surface area contributed by atoms with Gasteiger partial charge in [0.25, 0.3) is 0 Å². The van der Waals surface area contributed by atoms with Crippen LogP contribution in [0, 0.1) is 6.92 Å². The van der Waals surface area contributed by atoms with E-state index in [4.69, 9.17) is 0 Å². The summed E-state index contributed by atoms with van der Waals surface area (Å²) in [6, 6.07) is 21.1. The second kappa shape index (κ2) is 6.85. The Morgan fingerprint density at radius 2 is 1.89 bits per heavy atom. The van der Waals surface area contributed by atoms with E-state index in [9.17, 15) is 0 Å². The summed E-state index contributed by atoms with van der Waals surface area (Å²) in [5.74, 6) is 0.841. The topological polar surface area (TPSA) is 58.5 Å². The lowest BCUT2D eigenvalue weighted by molar-refractivity contribution is 0.733. The SMILES string of the molecule is Cc1cc2ccccc2n1CCNc1cc(-c2ccc3[nH]ccc3c2)ncn1. The number of para-hydroxylation sites is 1. The van der Waals surface area contributed by atoms with Crippen LogP contribution in [0.25, 0.3) is 33.1 Å². The summed E-state index contributed by atoms with van der Waals surface area (Å²) in [6.07, 6.45) is 3.57. The van der Waals surface area contributed by atoms with E-state index >= 15 is 0 Å². The Bertz CT molecular complexity index is 1260.